The van der Waals surface area contributed by atoms with Crippen LogP contribution in [-0.4, -0.2) is 61.6 Å². The number of likely N-dealkylation sites (tertiary alicyclic amines) is 1. The van der Waals surface area contributed by atoms with Gasteiger partial charge < -0.3 is 10.2 Å². The highest BCUT2D eigenvalue weighted by atomic mass is 32.2. The number of amides is 2. The standard InChI is InChI=1S/C20H29N3O3S/c24-20(21-15-17-14-19(17)16-6-2-1-3-7-16)22-12-8-18(9-13-22)27(25,26)23-10-4-5-11-23/h1-3,6-7,17-19H,4-5,8-15H2,(H,21,24)/t17-,19-/m0/s1. The minimum atomic E-state index is -3.19. The molecule has 2 aliphatic heterocycles. The van der Waals surface area contributed by atoms with Crippen molar-refractivity contribution in [3.8, 4) is 0 Å². The first-order valence-electron chi connectivity index (χ1n) is 10.1. The zero-order valence-corrected chi connectivity index (χ0v) is 16.5. The van der Waals surface area contributed by atoms with Gasteiger partial charge in [-0.1, -0.05) is 30.3 Å². The topological polar surface area (TPSA) is 69.7 Å². The minimum Gasteiger partial charge on any atom is -0.338 e. The SMILES string of the molecule is O=C(NC[C@@H]1C[C@H]1c1ccccc1)N1CCC(S(=O)(=O)N2CCCC2)CC1. The van der Waals surface area contributed by atoms with Crippen LogP contribution < -0.4 is 5.32 Å². The molecule has 1 aromatic rings. The fraction of sp³-hybridized carbons (Fsp3) is 0.650. The number of carbonyl (C=O) groups is 1. The molecule has 2 heterocycles. The highest BCUT2D eigenvalue weighted by Gasteiger charge is 2.39. The maximum atomic E-state index is 12.7. The third-order valence-electron chi connectivity index (χ3n) is 6.24. The third-order valence-corrected chi connectivity index (χ3v) is 8.64. The predicted molar refractivity (Wildman–Crippen MR) is 105 cm³/mol. The summed E-state index contributed by atoms with van der Waals surface area (Å²) in [5.74, 6) is 1.08. The van der Waals surface area contributed by atoms with Gasteiger partial charge in [-0.3, -0.25) is 0 Å². The predicted octanol–water partition coefficient (Wildman–Crippen LogP) is 2.39. The lowest BCUT2D eigenvalue weighted by molar-refractivity contribution is 0.186. The summed E-state index contributed by atoms with van der Waals surface area (Å²) in [6.07, 6.45) is 4.14. The van der Waals surface area contributed by atoms with Crippen LogP contribution in [0.1, 0.15) is 43.6 Å². The Balaban J connectivity index is 1.21. The Kier molecular flexibility index (Phi) is 5.41. The molecule has 6 nitrogen and oxygen atoms in total. The van der Waals surface area contributed by atoms with Crippen molar-refractivity contribution in [3.63, 3.8) is 0 Å². The molecule has 3 fully saturated rings. The molecule has 2 saturated heterocycles. The van der Waals surface area contributed by atoms with Gasteiger partial charge in [0.1, 0.15) is 0 Å². The van der Waals surface area contributed by atoms with Crippen LogP contribution in [0.4, 0.5) is 4.79 Å². The summed E-state index contributed by atoms with van der Waals surface area (Å²) in [4.78, 5) is 14.2. The molecule has 0 bridgehead atoms. The van der Waals surface area contributed by atoms with Gasteiger partial charge in [0.25, 0.3) is 0 Å². The number of nitrogens with zero attached hydrogens (tertiary/aromatic N) is 2. The van der Waals surface area contributed by atoms with Gasteiger partial charge in [0.15, 0.2) is 0 Å². The van der Waals surface area contributed by atoms with Crippen LogP contribution in [0.3, 0.4) is 0 Å². The first-order chi connectivity index (χ1) is 13.1. The van der Waals surface area contributed by atoms with Gasteiger partial charge in [0.05, 0.1) is 5.25 Å². The van der Waals surface area contributed by atoms with E-state index in [1.165, 1.54) is 5.56 Å². The van der Waals surface area contributed by atoms with Crippen molar-refractivity contribution >= 4 is 16.1 Å². The fourth-order valence-corrected chi connectivity index (χ4v) is 6.42. The van der Waals surface area contributed by atoms with Crippen LogP contribution in [0.15, 0.2) is 30.3 Å². The molecule has 0 spiro atoms. The fourth-order valence-electron chi connectivity index (χ4n) is 4.42. The second kappa shape index (κ2) is 7.80. The molecule has 0 unspecified atom stereocenters. The normalized spacial score (nSPS) is 26.9. The first-order valence-corrected chi connectivity index (χ1v) is 11.6. The van der Waals surface area contributed by atoms with Crippen LogP contribution in [0.5, 0.6) is 0 Å². The molecule has 2 amide bonds. The lowest BCUT2D eigenvalue weighted by Crippen LogP contribution is -2.49. The number of benzene rings is 1. The average molecular weight is 392 g/mol. The van der Waals surface area contributed by atoms with Gasteiger partial charge in [-0.05, 0) is 49.5 Å². The number of nitrogens with one attached hydrogen (secondary N) is 1. The van der Waals surface area contributed by atoms with E-state index in [9.17, 15) is 13.2 Å². The number of sulfonamides is 1. The summed E-state index contributed by atoms with van der Waals surface area (Å²) < 4.78 is 27.0. The molecule has 1 saturated carbocycles. The Morgan fingerprint density at radius 2 is 1.70 bits per heavy atom. The molecule has 148 valence electrons. The molecule has 7 heteroatoms. The molecule has 1 aliphatic carbocycles. The monoisotopic (exact) mass is 391 g/mol. The van der Waals surface area contributed by atoms with Gasteiger partial charge in [0, 0.05) is 32.7 Å². The van der Waals surface area contributed by atoms with E-state index in [1.807, 2.05) is 6.07 Å². The zero-order valence-electron chi connectivity index (χ0n) is 15.7. The van der Waals surface area contributed by atoms with E-state index < -0.39 is 10.0 Å². The largest absolute Gasteiger partial charge is 0.338 e. The summed E-state index contributed by atoms with van der Waals surface area (Å²) in [6, 6.07) is 10.4. The Bertz CT molecular complexity index is 754. The van der Waals surface area contributed by atoms with Crippen molar-refractivity contribution in [1.29, 1.82) is 0 Å². The molecule has 27 heavy (non-hydrogen) atoms. The number of piperidine rings is 1. The van der Waals surface area contributed by atoms with E-state index in [0.717, 1.165) is 19.3 Å². The smallest absolute Gasteiger partial charge is 0.317 e. The number of rotatable bonds is 5. The molecular weight excluding hydrogens is 362 g/mol. The lowest BCUT2D eigenvalue weighted by Gasteiger charge is -2.33. The van der Waals surface area contributed by atoms with Gasteiger partial charge in [-0.2, -0.15) is 0 Å². The van der Waals surface area contributed by atoms with Crippen LogP contribution in [0.25, 0.3) is 0 Å². The molecule has 3 aliphatic rings. The molecule has 0 radical (unpaired) electrons. The first kappa shape index (κ1) is 18.7. The summed E-state index contributed by atoms with van der Waals surface area (Å²) in [5.41, 5.74) is 1.35. The Morgan fingerprint density at radius 1 is 1.04 bits per heavy atom. The van der Waals surface area contributed by atoms with Crippen LogP contribution >= 0.6 is 0 Å². The van der Waals surface area contributed by atoms with E-state index in [4.69, 9.17) is 0 Å². The van der Waals surface area contributed by atoms with Crippen molar-refractivity contribution in [3.05, 3.63) is 35.9 Å². The number of hydrogen-bond donors (Lipinski definition) is 1. The molecule has 1 N–H and O–H groups in total. The minimum absolute atomic E-state index is 0.0502. The number of hydrogen-bond acceptors (Lipinski definition) is 3. The molecule has 2 atom stereocenters. The van der Waals surface area contributed by atoms with Crippen molar-refractivity contribution < 1.29 is 13.2 Å². The molecule has 4 rings (SSSR count). The summed E-state index contributed by atoms with van der Waals surface area (Å²) >= 11 is 0. The highest BCUT2D eigenvalue weighted by molar-refractivity contribution is 7.89. The van der Waals surface area contributed by atoms with E-state index >= 15 is 0 Å². The van der Waals surface area contributed by atoms with Gasteiger partial charge >= 0.3 is 6.03 Å². The highest BCUT2D eigenvalue weighted by Crippen LogP contribution is 2.46. The summed E-state index contributed by atoms with van der Waals surface area (Å²) in [6.45, 7) is 3.07. The second-order valence-electron chi connectivity index (χ2n) is 8.04. The van der Waals surface area contributed by atoms with Gasteiger partial charge in [-0.25, -0.2) is 17.5 Å². The third kappa shape index (κ3) is 4.14. The van der Waals surface area contributed by atoms with Crippen LogP contribution in [-0.2, 0) is 10.0 Å². The van der Waals surface area contributed by atoms with Crippen molar-refractivity contribution in [2.24, 2.45) is 5.92 Å². The zero-order chi connectivity index (χ0) is 18.9. The number of carbonyl (C=O) groups excluding carboxylic acids is 1. The van der Waals surface area contributed by atoms with Crippen LogP contribution in [0, 0.1) is 5.92 Å². The average Bonchev–Trinajstić information content (AvgIpc) is 3.25. The summed E-state index contributed by atoms with van der Waals surface area (Å²) in [5, 5.41) is 2.72. The van der Waals surface area contributed by atoms with Crippen LogP contribution in [0.2, 0.25) is 0 Å². The Labute approximate surface area is 162 Å². The summed E-state index contributed by atoms with van der Waals surface area (Å²) in [7, 11) is -3.19. The van der Waals surface area contributed by atoms with Gasteiger partial charge in [-0.15, -0.1) is 0 Å². The Morgan fingerprint density at radius 3 is 2.37 bits per heavy atom. The maximum absolute atomic E-state index is 12.7. The molecule has 1 aromatic carbocycles. The molecule has 0 aromatic heterocycles. The number of urea groups is 1. The van der Waals surface area contributed by atoms with Gasteiger partial charge in [0.2, 0.25) is 10.0 Å². The van der Waals surface area contributed by atoms with E-state index in [1.54, 1.807) is 9.21 Å². The maximum Gasteiger partial charge on any atom is 0.317 e. The molecular formula is C20H29N3O3S. The Hall–Kier alpha value is -1.60. The van der Waals surface area contributed by atoms with Crippen molar-refractivity contribution in [1.82, 2.24) is 14.5 Å². The second-order valence-corrected chi connectivity index (χ2v) is 10.2. The van der Waals surface area contributed by atoms with E-state index in [-0.39, 0.29) is 11.3 Å². The van der Waals surface area contributed by atoms with E-state index in [0.29, 0.717) is 57.4 Å². The lowest BCUT2D eigenvalue weighted by atomic mass is 10.1. The van der Waals surface area contributed by atoms with Crippen molar-refractivity contribution in [2.75, 3.05) is 32.7 Å². The van der Waals surface area contributed by atoms with Crippen molar-refractivity contribution in [2.45, 2.75) is 43.3 Å². The quantitative estimate of drug-likeness (QED) is 0.838. The van der Waals surface area contributed by atoms with E-state index in [2.05, 4.69) is 29.6 Å².